The zero-order chi connectivity index (χ0) is 13.5. The molecule has 1 aliphatic carbocycles. The van der Waals surface area contributed by atoms with Crippen molar-refractivity contribution in [1.82, 2.24) is 4.98 Å². The van der Waals surface area contributed by atoms with E-state index in [1.807, 2.05) is 6.20 Å². The van der Waals surface area contributed by atoms with Gasteiger partial charge in [-0.05, 0) is 65.3 Å². The summed E-state index contributed by atoms with van der Waals surface area (Å²) in [6, 6.07) is 11.1. The number of nitrogens with one attached hydrogen (secondary N) is 1. The molecule has 3 aromatic rings. The molecule has 1 heteroatoms. The number of fused-ring (bicyclic) bond motifs is 2. The largest absolute Gasteiger partial charge is 0.361 e. The molecule has 1 aromatic heterocycles. The molecule has 1 nitrogen and oxygen atoms in total. The van der Waals surface area contributed by atoms with Crippen LogP contribution in [-0.4, -0.2) is 4.98 Å². The number of hydrogen-bond donors (Lipinski definition) is 1. The van der Waals surface area contributed by atoms with Gasteiger partial charge < -0.3 is 4.98 Å². The van der Waals surface area contributed by atoms with E-state index < -0.39 is 0 Å². The summed E-state index contributed by atoms with van der Waals surface area (Å²) in [5.74, 6) is 0. The first-order valence-electron chi connectivity index (χ1n) is 7.15. The average molecular weight is 259 g/mol. The van der Waals surface area contributed by atoms with Gasteiger partial charge in [-0.1, -0.05) is 35.9 Å². The van der Waals surface area contributed by atoms with Crippen molar-refractivity contribution in [1.29, 1.82) is 0 Å². The maximum absolute atomic E-state index is 3.35. The number of aromatic nitrogens is 1. The topological polar surface area (TPSA) is 15.8 Å². The number of hydrogen-bond acceptors (Lipinski definition) is 0. The van der Waals surface area contributed by atoms with Crippen LogP contribution in [0.1, 0.15) is 17.5 Å². The highest BCUT2D eigenvalue weighted by molar-refractivity contribution is 6.00. The Bertz CT molecular complexity index is 862. The molecule has 0 saturated carbocycles. The summed E-state index contributed by atoms with van der Waals surface area (Å²) in [5.41, 5.74) is 5.61. The Morgan fingerprint density at radius 2 is 2.10 bits per heavy atom. The van der Waals surface area contributed by atoms with Crippen molar-refractivity contribution in [3.05, 3.63) is 71.5 Å². The third-order valence-electron chi connectivity index (χ3n) is 4.26. The van der Waals surface area contributed by atoms with Crippen molar-refractivity contribution < 1.29 is 0 Å². The molecule has 98 valence electrons. The molecule has 1 N–H and O–H groups in total. The van der Waals surface area contributed by atoms with Crippen molar-refractivity contribution in [3.63, 3.8) is 0 Å². The lowest BCUT2D eigenvalue weighted by atomic mass is 10.0. The zero-order valence-electron chi connectivity index (χ0n) is 11.6. The monoisotopic (exact) mass is 259 g/mol. The van der Waals surface area contributed by atoms with Crippen LogP contribution in [0, 0.1) is 6.92 Å². The summed E-state index contributed by atoms with van der Waals surface area (Å²) in [4.78, 5) is 3.35. The predicted octanol–water partition coefficient (Wildman–Crippen LogP) is 5.06. The van der Waals surface area contributed by atoms with Crippen molar-refractivity contribution >= 4 is 21.7 Å². The summed E-state index contributed by atoms with van der Waals surface area (Å²) in [7, 11) is 0. The second-order valence-corrected chi connectivity index (χ2v) is 5.64. The summed E-state index contributed by atoms with van der Waals surface area (Å²) >= 11 is 0. The third kappa shape index (κ3) is 1.78. The van der Waals surface area contributed by atoms with Crippen LogP contribution in [0.5, 0.6) is 0 Å². The highest BCUT2D eigenvalue weighted by Gasteiger charge is 2.11. The molecule has 0 fully saturated rings. The van der Waals surface area contributed by atoms with E-state index in [0.717, 1.165) is 12.8 Å². The normalized spacial score (nSPS) is 14.3. The third-order valence-corrected chi connectivity index (χ3v) is 4.26. The lowest BCUT2D eigenvalue weighted by molar-refractivity contribution is 1.09. The van der Waals surface area contributed by atoms with E-state index in [1.54, 1.807) is 0 Å². The van der Waals surface area contributed by atoms with Gasteiger partial charge in [0.25, 0.3) is 0 Å². The second kappa shape index (κ2) is 4.38. The molecule has 0 amide bonds. The molecule has 4 rings (SSSR count). The van der Waals surface area contributed by atoms with Gasteiger partial charge in [-0.25, -0.2) is 0 Å². The van der Waals surface area contributed by atoms with E-state index in [9.17, 15) is 0 Å². The fourth-order valence-corrected chi connectivity index (χ4v) is 3.18. The van der Waals surface area contributed by atoms with E-state index >= 15 is 0 Å². The minimum Gasteiger partial charge on any atom is -0.361 e. The van der Waals surface area contributed by atoms with Crippen molar-refractivity contribution in [2.24, 2.45) is 0 Å². The van der Waals surface area contributed by atoms with Crippen LogP contribution in [-0.2, 0) is 6.42 Å². The fourth-order valence-electron chi connectivity index (χ4n) is 3.18. The van der Waals surface area contributed by atoms with Crippen LogP contribution in [0.15, 0.2) is 60.3 Å². The number of allylic oxidation sites excluding steroid dienone is 4. The number of aromatic amines is 1. The summed E-state index contributed by atoms with van der Waals surface area (Å²) in [5, 5.41) is 4.03. The highest BCUT2D eigenvalue weighted by atomic mass is 14.6. The maximum Gasteiger partial charge on any atom is 0.0459 e. The molecule has 0 saturated heterocycles. The first kappa shape index (κ1) is 11.5. The Morgan fingerprint density at radius 3 is 2.95 bits per heavy atom. The SMILES string of the molecule is Cc1cc2cc3ccc[nH]c3cc2c1CC1=CC=CC1. The number of H-pyrrole nitrogens is 1. The van der Waals surface area contributed by atoms with Gasteiger partial charge in [0, 0.05) is 11.7 Å². The Morgan fingerprint density at radius 1 is 1.15 bits per heavy atom. The van der Waals surface area contributed by atoms with Crippen LogP contribution in [0.3, 0.4) is 0 Å². The number of benzene rings is 1. The van der Waals surface area contributed by atoms with Gasteiger partial charge >= 0.3 is 0 Å². The van der Waals surface area contributed by atoms with Crippen LogP contribution in [0.25, 0.3) is 21.7 Å². The molecule has 0 spiro atoms. The molecule has 0 unspecified atom stereocenters. The minimum absolute atomic E-state index is 1.07. The molecule has 0 radical (unpaired) electrons. The number of pyridine rings is 1. The first-order valence-corrected chi connectivity index (χ1v) is 7.15. The van der Waals surface area contributed by atoms with Crippen LogP contribution in [0.2, 0.25) is 0 Å². The van der Waals surface area contributed by atoms with Crippen molar-refractivity contribution in [2.45, 2.75) is 19.8 Å². The Hall–Kier alpha value is -2.28. The van der Waals surface area contributed by atoms with Gasteiger partial charge in [0.15, 0.2) is 0 Å². The molecule has 0 atom stereocenters. The van der Waals surface area contributed by atoms with E-state index in [2.05, 4.69) is 60.5 Å². The molecule has 1 aliphatic rings. The molecular weight excluding hydrogens is 242 g/mol. The van der Waals surface area contributed by atoms with Gasteiger partial charge in [0.2, 0.25) is 0 Å². The quantitative estimate of drug-likeness (QED) is 0.662. The van der Waals surface area contributed by atoms with Gasteiger partial charge in [-0.2, -0.15) is 0 Å². The second-order valence-electron chi connectivity index (χ2n) is 5.64. The average Bonchev–Trinajstić information content (AvgIpc) is 3.06. The van der Waals surface area contributed by atoms with Crippen LogP contribution < -0.4 is 0 Å². The standard InChI is InChI=1S/C19H17N/c1-13-9-16-11-15-7-4-8-20-19(15)12-18(16)17(13)10-14-5-2-3-6-14/h2-5,7-9,11-12,20H,6,10H2,1H3. The van der Waals surface area contributed by atoms with Crippen molar-refractivity contribution in [3.8, 4) is 0 Å². The van der Waals surface area contributed by atoms with Crippen LogP contribution in [0.4, 0.5) is 0 Å². The molecular formula is C19H17N. The van der Waals surface area contributed by atoms with E-state index in [1.165, 1.54) is 38.4 Å². The molecule has 0 aliphatic heterocycles. The lowest BCUT2D eigenvalue weighted by Crippen LogP contribution is -1.89. The Kier molecular flexibility index (Phi) is 2.53. The molecule has 0 bridgehead atoms. The number of aryl methyl sites for hydroxylation is 1. The minimum atomic E-state index is 1.07. The zero-order valence-corrected chi connectivity index (χ0v) is 11.6. The molecule has 1 heterocycles. The van der Waals surface area contributed by atoms with Crippen LogP contribution >= 0.6 is 0 Å². The maximum atomic E-state index is 3.35. The highest BCUT2D eigenvalue weighted by Crippen LogP contribution is 2.31. The summed E-state index contributed by atoms with van der Waals surface area (Å²) < 4.78 is 0. The predicted molar refractivity (Wildman–Crippen MR) is 86.1 cm³/mol. The molecule has 2 aromatic carbocycles. The summed E-state index contributed by atoms with van der Waals surface area (Å²) in [6.07, 6.45) is 10.8. The molecule has 20 heavy (non-hydrogen) atoms. The van der Waals surface area contributed by atoms with Gasteiger partial charge in [-0.15, -0.1) is 0 Å². The first-order chi connectivity index (χ1) is 9.81. The number of rotatable bonds is 2. The van der Waals surface area contributed by atoms with E-state index in [-0.39, 0.29) is 0 Å². The fraction of sp³-hybridized carbons (Fsp3) is 0.158. The lowest BCUT2D eigenvalue weighted by Gasteiger charge is -2.05. The van der Waals surface area contributed by atoms with Gasteiger partial charge in [0.1, 0.15) is 0 Å². The summed E-state index contributed by atoms with van der Waals surface area (Å²) in [6.45, 7) is 2.23. The van der Waals surface area contributed by atoms with E-state index in [4.69, 9.17) is 0 Å². The van der Waals surface area contributed by atoms with Crippen molar-refractivity contribution in [2.75, 3.05) is 0 Å². The van der Waals surface area contributed by atoms with Gasteiger partial charge in [-0.3, -0.25) is 0 Å². The Balaban J connectivity index is 1.90. The Labute approximate surface area is 118 Å². The smallest absolute Gasteiger partial charge is 0.0459 e. The van der Waals surface area contributed by atoms with E-state index in [0.29, 0.717) is 0 Å². The van der Waals surface area contributed by atoms with Gasteiger partial charge in [0.05, 0.1) is 0 Å².